The van der Waals surface area contributed by atoms with Crippen LogP contribution in [0.5, 0.6) is 11.5 Å². The summed E-state index contributed by atoms with van der Waals surface area (Å²) in [5.41, 5.74) is 2.05. The van der Waals surface area contributed by atoms with Crippen molar-refractivity contribution in [2.24, 2.45) is 0 Å². The van der Waals surface area contributed by atoms with Crippen LogP contribution in [0.15, 0.2) is 12.1 Å². The summed E-state index contributed by atoms with van der Waals surface area (Å²) >= 11 is 0. The maximum atomic E-state index is 9.15. The second-order valence-corrected chi connectivity index (χ2v) is 3.28. The molecule has 1 aliphatic heterocycles. The van der Waals surface area contributed by atoms with Crippen LogP contribution >= 0.6 is 0 Å². The molecule has 1 aromatic carbocycles. The molecule has 0 unspecified atom stereocenters. The van der Waals surface area contributed by atoms with E-state index in [4.69, 9.17) is 14.6 Å². The Morgan fingerprint density at radius 3 is 2.21 bits per heavy atom. The van der Waals surface area contributed by atoms with Crippen LogP contribution in [0.4, 0.5) is 0 Å². The molecule has 0 amide bonds. The molecule has 76 valence electrons. The Morgan fingerprint density at radius 2 is 1.71 bits per heavy atom. The predicted molar refractivity (Wildman–Crippen MR) is 52.7 cm³/mol. The zero-order chi connectivity index (χ0) is 9.97. The number of hydrogen-bond donors (Lipinski definition) is 1. The summed E-state index contributed by atoms with van der Waals surface area (Å²) in [7, 11) is 0. The SMILES string of the molecule is CCc1cc2c(cc1CO)OCCO2. The minimum absolute atomic E-state index is 0.0554. The molecule has 1 aromatic rings. The van der Waals surface area contributed by atoms with Gasteiger partial charge < -0.3 is 14.6 Å². The summed E-state index contributed by atoms with van der Waals surface area (Å²) in [6.07, 6.45) is 0.895. The molecule has 0 fully saturated rings. The van der Waals surface area contributed by atoms with Gasteiger partial charge in [0.15, 0.2) is 11.5 Å². The van der Waals surface area contributed by atoms with Gasteiger partial charge in [-0.2, -0.15) is 0 Å². The fourth-order valence-electron chi connectivity index (χ4n) is 1.65. The Hall–Kier alpha value is -1.22. The molecular formula is C11H14O3. The molecule has 0 saturated carbocycles. The first-order valence-corrected chi connectivity index (χ1v) is 4.87. The molecule has 0 bridgehead atoms. The molecule has 0 aliphatic carbocycles. The van der Waals surface area contributed by atoms with Gasteiger partial charge in [0.25, 0.3) is 0 Å². The lowest BCUT2D eigenvalue weighted by Crippen LogP contribution is -2.16. The van der Waals surface area contributed by atoms with Crippen molar-refractivity contribution >= 4 is 0 Å². The number of aliphatic hydroxyl groups excluding tert-OH is 1. The number of rotatable bonds is 2. The van der Waals surface area contributed by atoms with Crippen molar-refractivity contribution in [1.29, 1.82) is 0 Å². The van der Waals surface area contributed by atoms with Crippen molar-refractivity contribution in [3.8, 4) is 11.5 Å². The summed E-state index contributed by atoms with van der Waals surface area (Å²) in [5, 5.41) is 9.15. The van der Waals surface area contributed by atoms with Gasteiger partial charge in [-0.25, -0.2) is 0 Å². The van der Waals surface area contributed by atoms with Crippen molar-refractivity contribution in [1.82, 2.24) is 0 Å². The van der Waals surface area contributed by atoms with Gasteiger partial charge in [-0.3, -0.25) is 0 Å². The quantitative estimate of drug-likeness (QED) is 0.775. The van der Waals surface area contributed by atoms with Gasteiger partial charge in [-0.1, -0.05) is 6.92 Å². The summed E-state index contributed by atoms with van der Waals surface area (Å²) in [4.78, 5) is 0. The van der Waals surface area contributed by atoms with Crippen LogP contribution in [-0.2, 0) is 13.0 Å². The number of hydrogen-bond acceptors (Lipinski definition) is 3. The third-order valence-corrected chi connectivity index (χ3v) is 2.42. The highest BCUT2D eigenvalue weighted by molar-refractivity contribution is 5.48. The van der Waals surface area contributed by atoms with E-state index in [1.165, 1.54) is 0 Å². The minimum atomic E-state index is 0.0554. The number of aryl methyl sites for hydroxylation is 1. The summed E-state index contributed by atoms with van der Waals surface area (Å²) < 4.78 is 10.9. The van der Waals surface area contributed by atoms with Crippen molar-refractivity contribution in [2.75, 3.05) is 13.2 Å². The predicted octanol–water partition coefficient (Wildman–Crippen LogP) is 1.51. The van der Waals surface area contributed by atoms with Crippen LogP contribution in [0, 0.1) is 0 Å². The maximum Gasteiger partial charge on any atom is 0.161 e. The van der Waals surface area contributed by atoms with E-state index in [-0.39, 0.29) is 6.61 Å². The third kappa shape index (κ3) is 1.55. The Balaban J connectivity index is 2.43. The van der Waals surface area contributed by atoms with Crippen LogP contribution in [0.3, 0.4) is 0 Å². The Morgan fingerprint density at radius 1 is 1.14 bits per heavy atom. The summed E-state index contributed by atoms with van der Waals surface area (Å²) in [6, 6.07) is 3.83. The van der Waals surface area contributed by atoms with E-state index in [9.17, 15) is 0 Å². The fraction of sp³-hybridized carbons (Fsp3) is 0.455. The molecule has 1 aliphatic rings. The second-order valence-electron chi connectivity index (χ2n) is 3.28. The van der Waals surface area contributed by atoms with Crippen LogP contribution in [0.2, 0.25) is 0 Å². The highest BCUT2D eigenvalue weighted by Gasteiger charge is 2.14. The van der Waals surface area contributed by atoms with E-state index in [0.717, 1.165) is 29.0 Å². The molecule has 0 saturated heterocycles. The Bertz CT molecular complexity index is 289. The molecular weight excluding hydrogens is 180 g/mol. The van der Waals surface area contributed by atoms with E-state index in [1.54, 1.807) is 0 Å². The Labute approximate surface area is 83.3 Å². The van der Waals surface area contributed by atoms with Gasteiger partial charge >= 0.3 is 0 Å². The maximum absolute atomic E-state index is 9.15. The van der Waals surface area contributed by atoms with Gasteiger partial charge in [0.2, 0.25) is 0 Å². The largest absolute Gasteiger partial charge is 0.486 e. The first kappa shape index (κ1) is 9.34. The number of fused-ring (bicyclic) bond motifs is 1. The van der Waals surface area contributed by atoms with Crippen LogP contribution in [0.1, 0.15) is 18.1 Å². The van der Waals surface area contributed by atoms with Gasteiger partial charge in [-0.15, -0.1) is 0 Å². The van der Waals surface area contributed by atoms with E-state index < -0.39 is 0 Å². The van der Waals surface area contributed by atoms with Gasteiger partial charge in [0, 0.05) is 0 Å². The molecule has 1 heterocycles. The Kier molecular flexibility index (Phi) is 2.59. The van der Waals surface area contributed by atoms with Crippen molar-refractivity contribution in [3.05, 3.63) is 23.3 Å². The van der Waals surface area contributed by atoms with Crippen LogP contribution < -0.4 is 9.47 Å². The molecule has 1 N–H and O–H groups in total. The molecule has 2 rings (SSSR count). The van der Waals surface area contributed by atoms with Crippen LogP contribution in [-0.4, -0.2) is 18.3 Å². The summed E-state index contributed by atoms with van der Waals surface area (Å²) in [6.45, 7) is 3.31. The summed E-state index contributed by atoms with van der Waals surface area (Å²) in [5.74, 6) is 1.54. The first-order chi connectivity index (χ1) is 6.85. The number of benzene rings is 1. The van der Waals surface area contributed by atoms with Crippen LogP contribution in [0.25, 0.3) is 0 Å². The lowest BCUT2D eigenvalue weighted by Gasteiger charge is -2.20. The standard InChI is InChI=1S/C11H14O3/c1-2-8-5-10-11(6-9(8)7-12)14-4-3-13-10/h5-6,12H,2-4,7H2,1H3. The molecule has 0 atom stereocenters. The van der Waals surface area contributed by atoms with Gasteiger partial charge in [-0.05, 0) is 29.7 Å². The number of aliphatic hydroxyl groups is 1. The zero-order valence-electron chi connectivity index (χ0n) is 8.25. The van der Waals surface area contributed by atoms with Crippen molar-refractivity contribution in [2.45, 2.75) is 20.0 Å². The molecule has 3 nitrogen and oxygen atoms in total. The second kappa shape index (κ2) is 3.88. The molecule has 0 spiro atoms. The monoisotopic (exact) mass is 194 g/mol. The van der Waals surface area contributed by atoms with Gasteiger partial charge in [0.1, 0.15) is 13.2 Å². The smallest absolute Gasteiger partial charge is 0.161 e. The minimum Gasteiger partial charge on any atom is -0.486 e. The third-order valence-electron chi connectivity index (χ3n) is 2.42. The van der Waals surface area contributed by atoms with E-state index in [1.807, 2.05) is 12.1 Å². The highest BCUT2D eigenvalue weighted by atomic mass is 16.6. The molecule has 0 aromatic heterocycles. The topological polar surface area (TPSA) is 38.7 Å². The average Bonchev–Trinajstić information content (AvgIpc) is 2.27. The van der Waals surface area contributed by atoms with E-state index in [0.29, 0.717) is 13.2 Å². The molecule has 3 heteroatoms. The zero-order valence-corrected chi connectivity index (χ0v) is 8.25. The van der Waals surface area contributed by atoms with E-state index in [2.05, 4.69) is 6.92 Å². The van der Waals surface area contributed by atoms with Gasteiger partial charge in [0.05, 0.1) is 6.61 Å². The normalized spacial score (nSPS) is 14.1. The highest BCUT2D eigenvalue weighted by Crippen LogP contribution is 2.33. The van der Waals surface area contributed by atoms with Crippen molar-refractivity contribution in [3.63, 3.8) is 0 Å². The first-order valence-electron chi connectivity index (χ1n) is 4.87. The van der Waals surface area contributed by atoms with Crippen molar-refractivity contribution < 1.29 is 14.6 Å². The number of ether oxygens (including phenoxy) is 2. The molecule has 0 radical (unpaired) electrons. The fourth-order valence-corrected chi connectivity index (χ4v) is 1.65. The lowest BCUT2D eigenvalue weighted by molar-refractivity contribution is 0.170. The lowest BCUT2D eigenvalue weighted by atomic mass is 10.0. The average molecular weight is 194 g/mol. The van der Waals surface area contributed by atoms with E-state index >= 15 is 0 Å². The molecule has 14 heavy (non-hydrogen) atoms.